The highest BCUT2D eigenvalue weighted by Gasteiger charge is 2.21. The van der Waals surface area contributed by atoms with Gasteiger partial charge < -0.3 is 5.11 Å². The van der Waals surface area contributed by atoms with Gasteiger partial charge in [0.15, 0.2) is 0 Å². The number of rotatable bonds is 3. The Morgan fingerprint density at radius 1 is 1.58 bits per heavy atom. The second-order valence-corrected chi connectivity index (χ2v) is 3.84. The molecule has 0 amide bonds. The van der Waals surface area contributed by atoms with Crippen LogP contribution in [0.2, 0.25) is 0 Å². The Kier molecular flexibility index (Phi) is 3.73. The van der Waals surface area contributed by atoms with Crippen molar-refractivity contribution in [2.24, 2.45) is 5.92 Å². The molecule has 1 N–H and O–H groups in total. The number of aliphatic hydroxyl groups is 1. The molecule has 0 saturated heterocycles. The Bertz CT molecular complexity index is 152. The van der Waals surface area contributed by atoms with Gasteiger partial charge >= 0.3 is 0 Å². The molecule has 2 atom stereocenters. The van der Waals surface area contributed by atoms with Crippen molar-refractivity contribution in [2.45, 2.75) is 51.6 Å². The van der Waals surface area contributed by atoms with Crippen molar-refractivity contribution in [1.82, 2.24) is 0 Å². The van der Waals surface area contributed by atoms with E-state index in [0.29, 0.717) is 5.78 Å². The van der Waals surface area contributed by atoms with Gasteiger partial charge in [-0.2, -0.15) is 0 Å². The lowest BCUT2D eigenvalue weighted by Crippen LogP contribution is -2.20. The minimum atomic E-state index is -0.250. The molecule has 12 heavy (non-hydrogen) atoms. The van der Waals surface area contributed by atoms with Crippen molar-refractivity contribution in [1.29, 1.82) is 0 Å². The topological polar surface area (TPSA) is 37.3 Å². The van der Waals surface area contributed by atoms with Crippen LogP contribution < -0.4 is 0 Å². The monoisotopic (exact) mass is 170 g/mol. The van der Waals surface area contributed by atoms with E-state index in [1.165, 1.54) is 6.42 Å². The van der Waals surface area contributed by atoms with Crippen LogP contribution in [0, 0.1) is 5.92 Å². The predicted octanol–water partition coefficient (Wildman–Crippen LogP) is 1.91. The van der Waals surface area contributed by atoms with Crippen molar-refractivity contribution in [3.05, 3.63) is 0 Å². The molecule has 0 aromatic carbocycles. The maximum absolute atomic E-state index is 11.3. The quantitative estimate of drug-likeness (QED) is 0.702. The van der Waals surface area contributed by atoms with E-state index in [1.54, 1.807) is 6.92 Å². The minimum Gasteiger partial charge on any atom is -0.393 e. The lowest BCUT2D eigenvalue weighted by molar-refractivity contribution is -0.124. The second-order valence-electron chi connectivity index (χ2n) is 3.84. The zero-order valence-electron chi connectivity index (χ0n) is 7.75. The molecule has 0 spiro atoms. The fraction of sp³-hybridized carbons (Fsp3) is 0.900. The van der Waals surface area contributed by atoms with E-state index in [-0.39, 0.29) is 12.0 Å². The Morgan fingerprint density at radius 3 is 2.92 bits per heavy atom. The van der Waals surface area contributed by atoms with Gasteiger partial charge in [-0.3, -0.25) is 4.79 Å². The van der Waals surface area contributed by atoms with Crippen molar-refractivity contribution in [3.63, 3.8) is 0 Å². The van der Waals surface area contributed by atoms with Crippen LogP contribution in [0.1, 0.15) is 45.4 Å². The summed E-state index contributed by atoms with van der Waals surface area (Å²) in [6.07, 6.45) is 5.49. The first-order valence-corrected chi connectivity index (χ1v) is 4.91. The number of hydrogen-bond donors (Lipinski definition) is 1. The molecule has 1 rings (SSSR count). The van der Waals surface area contributed by atoms with Crippen LogP contribution in [0.3, 0.4) is 0 Å². The van der Waals surface area contributed by atoms with Gasteiger partial charge in [-0.05, 0) is 32.6 Å². The number of carbonyl (C=O) groups excluding carboxylic acids is 1. The molecule has 0 bridgehead atoms. The third-order valence-electron chi connectivity index (χ3n) is 2.61. The highest BCUT2D eigenvalue weighted by molar-refractivity contribution is 5.81. The van der Waals surface area contributed by atoms with Crippen LogP contribution in [0.4, 0.5) is 0 Å². The summed E-state index contributed by atoms with van der Waals surface area (Å²) in [5.41, 5.74) is 0. The molecule has 0 aromatic rings. The summed E-state index contributed by atoms with van der Waals surface area (Å²) in [5.74, 6) is 0.676. The largest absolute Gasteiger partial charge is 0.393 e. The third kappa shape index (κ3) is 2.94. The van der Waals surface area contributed by atoms with Gasteiger partial charge in [-0.1, -0.05) is 6.42 Å². The number of carbonyl (C=O) groups is 1. The molecule has 1 aliphatic rings. The molecule has 0 aromatic heterocycles. The molecule has 0 heterocycles. The van der Waals surface area contributed by atoms with Crippen molar-refractivity contribution >= 4 is 5.78 Å². The Balaban J connectivity index is 2.25. The Morgan fingerprint density at radius 2 is 2.33 bits per heavy atom. The summed E-state index contributed by atoms with van der Waals surface area (Å²) in [6.45, 7) is 1.79. The summed E-state index contributed by atoms with van der Waals surface area (Å²) >= 11 is 0. The standard InChI is InChI=1S/C10H18O2/c1-8(11)6-7-9-4-2-3-5-10(9)12/h8-9,11H,2-7H2,1H3. The second kappa shape index (κ2) is 4.61. The molecule has 0 aliphatic heterocycles. The molecule has 0 radical (unpaired) electrons. The fourth-order valence-corrected chi connectivity index (χ4v) is 1.80. The predicted molar refractivity (Wildman–Crippen MR) is 47.9 cm³/mol. The molecule has 70 valence electrons. The number of ketones is 1. The first-order chi connectivity index (χ1) is 5.70. The summed E-state index contributed by atoms with van der Waals surface area (Å²) in [5, 5.41) is 9.06. The van der Waals surface area contributed by atoms with Crippen LogP contribution in [0.25, 0.3) is 0 Å². The maximum Gasteiger partial charge on any atom is 0.135 e. The average Bonchev–Trinajstić information content (AvgIpc) is 2.03. The van der Waals surface area contributed by atoms with Gasteiger partial charge in [0.1, 0.15) is 5.78 Å². The van der Waals surface area contributed by atoms with Crippen molar-refractivity contribution < 1.29 is 9.90 Å². The Labute approximate surface area is 74.0 Å². The van der Waals surface area contributed by atoms with E-state index >= 15 is 0 Å². The summed E-state index contributed by atoms with van der Waals surface area (Å²) < 4.78 is 0. The van der Waals surface area contributed by atoms with E-state index in [4.69, 9.17) is 5.11 Å². The molecule has 1 saturated carbocycles. The first kappa shape index (κ1) is 9.72. The van der Waals surface area contributed by atoms with E-state index < -0.39 is 0 Å². The van der Waals surface area contributed by atoms with E-state index in [0.717, 1.165) is 32.1 Å². The van der Waals surface area contributed by atoms with Crippen LogP contribution in [0.15, 0.2) is 0 Å². The van der Waals surface area contributed by atoms with Gasteiger partial charge in [-0.25, -0.2) is 0 Å². The van der Waals surface area contributed by atoms with Gasteiger partial charge in [0.25, 0.3) is 0 Å². The van der Waals surface area contributed by atoms with Gasteiger partial charge in [0, 0.05) is 12.3 Å². The lowest BCUT2D eigenvalue weighted by Gasteiger charge is -2.20. The molecule has 2 nitrogen and oxygen atoms in total. The highest BCUT2D eigenvalue weighted by Crippen LogP contribution is 2.24. The molecule has 1 fully saturated rings. The van der Waals surface area contributed by atoms with Crippen molar-refractivity contribution in [3.8, 4) is 0 Å². The third-order valence-corrected chi connectivity index (χ3v) is 2.61. The van der Waals surface area contributed by atoms with Crippen LogP contribution in [0.5, 0.6) is 0 Å². The van der Waals surface area contributed by atoms with E-state index in [9.17, 15) is 4.79 Å². The van der Waals surface area contributed by atoms with Crippen LogP contribution >= 0.6 is 0 Å². The summed E-state index contributed by atoms with van der Waals surface area (Å²) in [7, 11) is 0. The van der Waals surface area contributed by atoms with Gasteiger partial charge in [0.05, 0.1) is 6.10 Å². The fourth-order valence-electron chi connectivity index (χ4n) is 1.80. The molecular formula is C10H18O2. The lowest BCUT2D eigenvalue weighted by atomic mass is 9.84. The molecule has 2 heteroatoms. The van der Waals surface area contributed by atoms with E-state index in [2.05, 4.69) is 0 Å². The summed E-state index contributed by atoms with van der Waals surface area (Å²) in [4.78, 5) is 11.3. The van der Waals surface area contributed by atoms with Gasteiger partial charge in [0.2, 0.25) is 0 Å². The average molecular weight is 170 g/mol. The smallest absolute Gasteiger partial charge is 0.135 e. The highest BCUT2D eigenvalue weighted by atomic mass is 16.3. The minimum absolute atomic E-state index is 0.250. The Hall–Kier alpha value is -0.370. The first-order valence-electron chi connectivity index (χ1n) is 4.91. The summed E-state index contributed by atoms with van der Waals surface area (Å²) in [6, 6.07) is 0. The number of Topliss-reactive ketones (excluding diaryl/α,β-unsaturated/α-hetero) is 1. The van der Waals surface area contributed by atoms with Crippen molar-refractivity contribution in [2.75, 3.05) is 0 Å². The molecule has 2 unspecified atom stereocenters. The zero-order valence-corrected chi connectivity index (χ0v) is 7.75. The van der Waals surface area contributed by atoms with Gasteiger partial charge in [-0.15, -0.1) is 0 Å². The number of hydrogen-bond acceptors (Lipinski definition) is 2. The normalized spacial score (nSPS) is 27.2. The van der Waals surface area contributed by atoms with E-state index in [1.807, 2.05) is 0 Å². The van der Waals surface area contributed by atoms with Crippen LogP contribution in [-0.2, 0) is 4.79 Å². The molecular weight excluding hydrogens is 152 g/mol. The SMILES string of the molecule is CC(O)CCC1CCCCC1=O. The molecule has 1 aliphatic carbocycles. The maximum atomic E-state index is 11.3. The van der Waals surface area contributed by atoms with Crippen LogP contribution in [-0.4, -0.2) is 17.0 Å². The number of aliphatic hydroxyl groups excluding tert-OH is 1. The zero-order chi connectivity index (χ0) is 8.97.